The molecular formula is C23H27ClN4O2. The Morgan fingerprint density at radius 3 is 2.40 bits per heavy atom. The van der Waals surface area contributed by atoms with Crippen LogP contribution in [-0.4, -0.2) is 59.3 Å². The van der Waals surface area contributed by atoms with Crippen LogP contribution in [0.4, 0.5) is 5.82 Å². The number of piperazine rings is 1. The predicted octanol–water partition coefficient (Wildman–Crippen LogP) is 3.53. The minimum absolute atomic E-state index is 0.0169. The Balaban J connectivity index is 1.28. The van der Waals surface area contributed by atoms with Gasteiger partial charge in [0.25, 0.3) is 0 Å². The number of nitrogens with zero attached hydrogens (tertiary/aromatic N) is 4. The normalized spacial score (nSPS) is 19.2. The van der Waals surface area contributed by atoms with Crippen molar-refractivity contribution in [1.29, 1.82) is 0 Å². The summed E-state index contributed by atoms with van der Waals surface area (Å²) in [5.74, 6) is 1.04. The molecule has 1 aromatic heterocycles. The minimum Gasteiger partial charge on any atom is -0.353 e. The lowest BCUT2D eigenvalue weighted by atomic mass is 10.0. The summed E-state index contributed by atoms with van der Waals surface area (Å²) in [4.78, 5) is 35.9. The van der Waals surface area contributed by atoms with Crippen LogP contribution in [-0.2, 0) is 9.59 Å². The van der Waals surface area contributed by atoms with E-state index in [4.69, 9.17) is 11.6 Å². The van der Waals surface area contributed by atoms with Crippen LogP contribution in [0.25, 0.3) is 0 Å². The van der Waals surface area contributed by atoms with Crippen molar-refractivity contribution in [2.75, 3.05) is 37.6 Å². The fourth-order valence-corrected chi connectivity index (χ4v) is 4.64. The molecule has 0 unspecified atom stereocenters. The summed E-state index contributed by atoms with van der Waals surface area (Å²) >= 11 is 6.35. The number of aromatic nitrogens is 1. The zero-order valence-electron chi connectivity index (χ0n) is 17.0. The second kappa shape index (κ2) is 9.47. The number of halogens is 1. The van der Waals surface area contributed by atoms with Crippen molar-refractivity contribution in [3.63, 3.8) is 0 Å². The SMILES string of the molecule is O=C(CCC(=O)N1CCC[C@@H]1c1ccccc1Cl)N1CCN(c2ccccn2)CC1. The molecule has 0 aliphatic carbocycles. The Kier molecular flexibility index (Phi) is 6.53. The Hall–Kier alpha value is -2.60. The molecule has 2 aliphatic rings. The van der Waals surface area contributed by atoms with Gasteiger partial charge >= 0.3 is 0 Å². The second-order valence-corrected chi connectivity index (χ2v) is 8.23. The van der Waals surface area contributed by atoms with Crippen molar-refractivity contribution in [2.45, 2.75) is 31.7 Å². The molecule has 0 bridgehead atoms. The van der Waals surface area contributed by atoms with Gasteiger partial charge in [0.1, 0.15) is 5.82 Å². The maximum absolute atomic E-state index is 12.9. The van der Waals surface area contributed by atoms with E-state index in [9.17, 15) is 9.59 Å². The molecule has 0 spiro atoms. The van der Waals surface area contributed by atoms with Crippen molar-refractivity contribution in [3.8, 4) is 0 Å². The van der Waals surface area contributed by atoms with Crippen LogP contribution in [0.2, 0.25) is 5.02 Å². The Morgan fingerprint density at radius 2 is 1.67 bits per heavy atom. The van der Waals surface area contributed by atoms with Crippen molar-refractivity contribution in [3.05, 3.63) is 59.2 Å². The van der Waals surface area contributed by atoms with E-state index >= 15 is 0 Å². The molecule has 0 N–H and O–H groups in total. The summed E-state index contributed by atoms with van der Waals surface area (Å²) in [6.07, 6.45) is 4.17. The van der Waals surface area contributed by atoms with Gasteiger partial charge in [0.2, 0.25) is 11.8 Å². The average Bonchev–Trinajstić information content (AvgIpc) is 3.28. The highest BCUT2D eigenvalue weighted by Gasteiger charge is 2.31. The third-order valence-corrected chi connectivity index (χ3v) is 6.34. The van der Waals surface area contributed by atoms with Gasteiger partial charge in [0, 0.05) is 56.8 Å². The number of pyridine rings is 1. The third-order valence-electron chi connectivity index (χ3n) is 6.00. The molecule has 0 saturated carbocycles. The highest BCUT2D eigenvalue weighted by molar-refractivity contribution is 6.31. The summed E-state index contributed by atoms with van der Waals surface area (Å²) in [5.41, 5.74) is 1.00. The molecule has 4 rings (SSSR count). The fraction of sp³-hybridized carbons (Fsp3) is 0.435. The monoisotopic (exact) mass is 426 g/mol. The lowest BCUT2D eigenvalue weighted by Gasteiger charge is -2.35. The van der Waals surface area contributed by atoms with Gasteiger partial charge in [-0.3, -0.25) is 9.59 Å². The number of carbonyl (C=O) groups excluding carboxylic acids is 2. The molecule has 6 nitrogen and oxygen atoms in total. The lowest BCUT2D eigenvalue weighted by Crippen LogP contribution is -2.49. The molecule has 1 aromatic carbocycles. The van der Waals surface area contributed by atoms with Crippen molar-refractivity contribution >= 4 is 29.2 Å². The zero-order valence-corrected chi connectivity index (χ0v) is 17.8. The molecule has 2 amide bonds. The number of hydrogen-bond donors (Lipinski definition) is 0. The first-order valence-electron chi connectivity index (χ1n) is 10.6. The predicted molar refractivity (Wildman–Crippen MR) is 117 cm³/mol. The molecule has 1 atom stereocenters. The molecule has 158 valence electrons. The van der Waals surface area contributed by atoms with E-state index in [2.05, 4.69) is 9.88 Å². The molecular weight excluding hydrogens is 400 g/mol. The van der Waals surface area contributed by atoms with Gasteiger partial charge in [-0.15, -0.1) is 0 Å². The van der Waals surface area contributed by atoms with Crippen LogP contribution in [0.3, 0.4) is 0 Å². The third kappa shape index (κ3) is 4.59. The fourth-order valence-electron chi connectivity index (χ4n) is 4.38. The van der Waals surface area contributed by atoms with Crippen molar-refractivity contribution < 1.29 is 9.59 Å². The number of amides is 2. The molecule has 0 radical (unpaired) electrons. The van der Waals surface area contributed by atoms with E-state index in [0.717, 1.165) is 43.9 Å². The molecule has 7 heteroatoms. The summed E-state index contributed by atoms with van der Waals surface area (Å²) < 4.78 is 0. The summed E-state index contributed by atoms with van der Waals surface area (Å²) in [6.45, 7) is 3.57. The summed E-state index contributed by atoms with van der Waals surface area (Å²) in [7, 11) is 0. The smallest absolute Gasteiger partial charge is 0.223 e. The van der Waals surface area contributed by atoms with E-state index in [0.29, 0.717) is 18.1 Å². The van der Waals surface area contributed by atoms with Crippen LogP contribution >= 0.6 is 11.6 Å². The number of hydrogen-bond acceptors (Lipinski definition) is 4. The van der Waals surface area contributed by atoms with Gasteiger partial charge < -0.3 is 14.7 Å². The first-order chi connectivity index (χ1) is 14.6. The minimum atomic E-state index is 0.0169. The number of anilines is 1. The average molecular weight is 427 g/mol. The van der Waals surface area contributed by atoms with Gasteiger partial charge in [-0.25, -0.2) is 4.98 Å². The van der Waals surface area contributed by atoms with Gasteiger partial charge in [-0.2, -0.15) is 0 Å². The first kappa shape index (κ1) is 20.7. The van der Waals surface area contributed by atoms with Crippen molar-refractivity contribution in [1.82, 2.24) is 14.8 Å². The number of carbonyl (C=O) groups is 2. The lowest BCUT2D eigenvalue weighted by molar-refractivity contribution is -0.137. The van der Waals surface area contributed by atoms with Crippen LogP contribution in [0.1, 0.15) is 37.3 Å². The standard InChI is InChI=1S/C23H27ClN4O2/c24-19-7-2-1-6-18(19)20-8-5-13-28(20)23(30)11-10-22(29)27-16-14-26(15-17-27)21-9-3-4-12-25-21/h1-4,6-7,9,12,20H,5,8,10-11,13-17H2/t20-/m1/s1. The van der Waals surface area contributed by atoms with Crippen LogP contribution in [0.15, 0.2) is 48.7 Å². The molecule has 30 heavy (non-hydrogen) atoms. The molecule has 2 fully saturated rings. The molecule has 2 aromatic rings. The van der Waals surface area contributed by atoms with Gasteiger partial charge in [-0.1, -0.05) is 35.9 Å². The quantitative estimate of drug-likeness (QED) is 0.733. The van der Waals surface area contributed by atoms with E-state index in [1.54, 1.807) is 6.20 Å². The Labute approximate surface area is 182 Å². The molecule has 2 aliphatic heterocycles. The maximum Gasteiger partial charge on any atom is 0.223 e. The molecule has 3 heterocycles. The largest absolute Gasteiger partial charge is 0.353 e. The summed E-state index contributed by atoms with van der Waals surface area (Å²) in [5, 5.41) is 0.698. The van der Waals surface area contributed by atoms with E-state index in [1.165, 1.54) is 0 Å². The topological polar surface area (TPSA) is 56.8 Å². The van der Waals surface area contributed by atoms with Crippen LogP contribution in [0, 0.1) is 0 Å². The van der Waals surface area contributed by atoms with Crippen LogP contribution in [0.5, 0.6) is 0 Å². The Morgan fingerprint density at radius 1 is 0.933 bits per heavy atom. The first-order valence-corrected chi connectivity index (χ1v) is 11.0. The number of rotatable bonds is 5. The zero-order chi connectivity index (χ0) is 20.9. The number of likely N-dealkylation sites (tertiary alicyclic amines) is 1. The highest BCUT2D eigenvalue weighted by atomic mass is 35.5. The van der Waals surface area contributed by atoms with Crippen molar-refractivity contribution in [2.24, 2.45) is 0 Å². The van der Waals surface area contributed by atoms with Gasteiger partial charge in [0.15, 0.2) is 0 Å². The number of benzene rings is 1. The maximum atomic E-state index is 12.9. The van der Waals surface area contributed by atoms with E-state index < -0.39 is 0 Å². The second-order valence-electron chi connectivity index (χ2n) is 7.82. The van der Waals surface area contributed by atoms with Gasteiger partial charge in [-0.05, 0) is 36.6 Å². The molecule has 2 saturated heterocycles. The Bertz CT molecular complexity index is 884. The highest BCUT2D eigenvalue weighted by Crippen LogP contribution is 2.36. The van der Waals surface area contributed by atoms with E-state index in [-0.39, 0.29) is 30.7 Å². The van der Waals surface area contributed by atoms with E-state index in [1.807, 2.05) is 52.3 Å². The van der Waals surface area contributed by atoms with Crippen LogP contribution < -0.4 is 4.90 Å². The summed E-state index contributed by atoms with van der Waals surface area (Å²) in [6, 6.07) is 13.6. The van der Waals surface area contributed by atoms with Gasteiger partial charge in [0.05, 0.1) is 6.04 Å².